The maximum atomic E-state index is 11.4. The molecule has 0 aromatic carbocycles. The van der Waals surface area contributed by atoms with Crippen molar-refractivity contribution in [2.24, 2.45) is 0 Å². The molecule has 0 aliphatic carbocycles. The molecule has 0 aromatic heterocycles. The van der Waals surface area contributed by atoms with E-state index in [0.717, 1.165) is 13.0 Å². The van der Waals surface area contributed by atoms with E-state index in [9.17, 15) is 13.5 Å². The lowest BCUT2D eigenvalue weighted by molar-refractivity contribution is 0.0633. The average Bonchev–Trinajstić information content (AvgIpc) is 2.35. The second kappa shape index (κ2) is 4.80. The zero-order chi connectivity index (χ0) is 11.6. The predicted molar refractivity (Wildman–Crippen MR) is 60.6 cm³/mol. The largest absolute Gasteiger partial charge is 0.390 e. The van der Waals surface area contributed by atoms with Crippen LogP contribution in [-0.2, 0) is 9.84 Å². The summed E-state index contributed by atoms with van der Waals surface area (Å²) in [5.74, 6) is 0.0247. The third-order valence-electron chi connectivity index (χ3n) is 2.86. The summed E-state index contributed by atoms with van der Waals surface area (Å²) in [5.41, 5.74) is 0. The van der Waals surface area contributed by atoms with E-state index in [2.05, 4.69) is 11.8 Å². The first-order valence-corrected chi connectivity index (χ1v) is 7.33. The maximum absolute atomic E-state index is 11.4. The molecule has 1 heterocycles. The van der Waals surface area contributed by atoms with Crippen LogP contribution < -0.4 is 0 Å². The minimum atomic E-state index is -3.03. The van der Waals surface area contributed by atoms with Crippen LogP contribution in [0.5, 0.6) is 0 Å². The summed E-state index contributed by atoms with van der Waals surface area (Å²) in [7, 11) is -3.03. The smallest absolute Gasteiger partial charge is 0.154 e. The first-order chi connectivity index (χ1) is 6.87. The van der Waals surface area contributed by atoms with Gasteiger partial charge in [0.05, 0.1) is 23.7 Å². The molecule has 1 saturated heterocycles. The second-order valence-electron chi connectivity index (χ2n) is 4.54. The first-order valence-electron chi connectivity index (χ1n) is 5.51. The second-order valence-corrected chi connectivity index (χ2v) is 6.70. The molecular weight excluding hydrogens is 214 g/mol. The van der Waals surface area contributed by atoms with E-state index in [4.69, 9.17) is 0 Å². The van der Waals surface area contributed by atoms with Gasteiger partial charge < -0.3 is 5.11 Å². The van der Waals surface area contributed by atoms with Crippen LogP contribution in [0.4, 0.5) is 0 Å². The summed E-state index contributed by atoms with van der Waals surface area (Å²) in [6.45, 7) is 6.97. The Balaban J connectivity index is 2.77. The normalized spacial score (nSPS) is 30.3. The highest BCUT2D eigenvalue weighted by molar-refractivity contribution is 7.91. The van der Waals surface area contributed by atoms with Gasteiger partial charge in [0.2, 0.25) is 0 Å². The Morgan fingerprint density at radius 2 is 2.00 bits per heavy atom. The van der Waals surface area contributed by atoms with Crippen LogP contribution in [0.1, 0.15) is 27.2 Å². The van der Waals surface area contributed by atoms with Crippen molar-refractivity contribution in [3.63, 3.8) is 0 Å². The molecule has 1 rings (SSSR count). The van der Waals surface area contributed by atoms with Crippen molar-refractivity contribution in [1.82, 2.24) is 4.90 Å². The van der Waals surface area contributed by atoms with Crippen molar-refractivity contribution in [2.75, 3.05) is 18.1 Å². The minimum absolute atomic E-state index is 0.0788. The highest BCUT2D eigenvalue weighted by Gasteiger charge is 2.40. The van der Waals surface area contributed by atoms with E-state index in [1.807, 2.05) is 13.8 Å². The number of rotatable bonds is 4. The Kier molecular flexibility index (Phi) is 4.14. The van der Waals surface area contributed by atoms with E-state index >= 15 is 0 Å². The SMILES string of the molecule is CCCN(C(C)C)C1CS(=O)(=O)CC1O. The molecule has 2 atom stereocenters. The Labute approximate surface area is 92.2 Å². The van der Waals surface area contributed by atoms with Gasteiger partial charge in [-0.05, 0) is 26.8 Å². The van der Waals surface area contributed by atoms with Crippen molar-refractivity contribution >= 4 is 9.84 Å². The topological polar surface area (TPSA) is 57.6 Å². The van der Waals surface area contributed by atoms with Crippen LogP contribution in [0.25, 0.3) is 0 Å². The number of nitrogens with zero attached hydrogens (tertiary/aromatic N) is 1. The van der Waals surface area contributed by atoms with Gasteiger partial charge in [-0.2, -0.15) is 0 Å². The Morgan fingerprint density at radius 3 is 2.33 bits per heavy atom. The summed E-state index contributed by atoms with van der Waals surface area (Å²) >= 11 is 0. The fraction of sp³-hybridized carbons (Fsp3) is 1.00. The number of sulfone groups is 1. The molecule has 2 unspecified atom stereocenters. The lowest BCUT2D eigenvalue weighted by Gasteiger charge is -2.33. The number of hydrogen-bond donors (Lipinski definition) is 1. The van der Waals surface area contributed by atoms with Crippen molar-refractivity contribution in [3.8, 4) is 0 Å². The van der Waals surface area contributed by atoms with Crippen LogP contribution in [0.15, 0.2) is 0 Å². The Hall–Kier alpha value is -0.130. The van der Waals surface area contributed by atoms with Gasteiger partial charge in [0.1, 0.15) is 0 Å². The quantitative estimate of drug-likeness (QED) is 0.759. The first kappa shape index (κ1) is 12.9. The average molecular weight is 235 g/mol. The maximum Gasteiger partial charge on any atom is 0.154 e. The van der Waals surface area contributed by atoms with Crippen molar-refractivity contribution < 1.29 is 13.5 Å². The Morgan fingerprint density at radius 1 is 1.40 bits per heavy atom. The molecule has 1 fully saturated rings. The molecule has 0 saturated carbocycles. The van der Waals surface area contributed by atoms with E-state index in [1.165, 1.54) is 0 Å². The fourth-order valence-corrected chi connectivity index (χ4v) is 4.01. The van der Waals surface area contributed by atoms with Gasteiger partial charge in [0.25, 0.3) is 0 Å². The van der Waals surface area contributed by atoms with Crippen molar-refractivity contribution in [3.05, 3.63) is 0 Å². The van der Waals surface area contributed by atoms with Gasteiger partial charge in [0.15, 0.2) is 9.84 Å². The molecule has 4 nitrogen and oxygen atoms in total. The van der Waals surface area contributed by atoms with Gasteiger partial charge in [0, 0.05) is 6.04 Å². The van der Waals surface area contributed by atoms with E-state index in [1.54, 1.807) is 0 Å². The highest BCUT2D eigenvalue weighted by atomic mass is 32.2. The monoisotopic (exact) mass is 235 g/mol. The van der Waals surface area contributed by atoms with E-state index in [0.29, 0.717) is 0 Å². The molecular formula is C10H21NO3S. The third-order valence-corrected chi connectivity index (χ3v) is 4.56. The summed E-state index contributed by atoms with van der Waals surface area (Å²) in [6.07, 6.45) is 0.255. The molecule has 0 spiro atoms. The van der Waals surface area contributed by atoms with Crippen molar-refractivity contribution in [1.29, 1.82) is 0 Å². The number of aliphatic hydroxyl groups excluding tert-OH is 1. The molecule has 5 heteroatoms. The summed E-state index contributed by atoms with van der Waals surface area (Å²) in [5, 5.41) is 9.75. The van der Waals surface area contributed by atoms with Crippen LogP contribution >= 0.6 is 0 Å². The molecule has 15 heavy (non-hydrogen) atoms. The lowest BCUT2D eigenvalue weighted by Crippen LogP contribution is -2.47. The molecule has 90 valence electrons. The van der Waals surface area contributed by atoms with Gasteiger partial charge in [-0.3, -0.25) is 4.90 Å². The Bertz CT molecular complexity index is 300. The molecule has 0 aromatic rings. The zero-order valence-corrected chi connectivity index (χ0v) is 10.5. The molecule has 0 bridgehead atoms. The van der Waals surface area contributed by atoms with Crippen LogP contribution in [0.2, 0.25) is 0 Å². The van der Waals surface area contributed by atoms with E-state index in [-0.39, 0.29) is 23.6 Å². The number of hydrogen-bond acceptors (Lipinski definition) is 4. The third kappa shape index (κ3) is 3.16. The lowest BCUT2D eigenvalue weighted by atomic mass is 10.1. The molecule has 1 aliphatic heterocycles. The van der Waals surface area contributed by atoms with Crippen LogP contribution in [-0.4, -0.2) is 54.7 Å². The summed E-state index contributed by atoms with van der Waals surface area (Å²) < 4.78 is 22.8. The number of aliphatic hydroxyl groups is 1. The van der Waals surface area contributed by atoms with Crippen LogP contribution in [0.3, 0.4) is 0 Å². The summed E-state index contributed by atoms with van der Waals surface area (Å²) in [6, 6.07) is 0.0628. The van der Waals surface area contributed by atoms with Gasteiger partial charge in [-0.1, -0.05) is 6.92 Å². The molecule has 1 N–H and O–H groups in total. The van der Waals surface area contributed by atoms with Crippen molar-refractivity contribution in [2.45, 2.75) is 45.4 Å². The fourth-order valence-electron chi connectivity index (χ4n) is 2.19. The molecule has 0 amide bonds. The van der Waals surface area contributed by atoms with Gasteiger partial charge in [-0.25, -0.2) is 8.42 Å². The minimum Gasteiger partial charge on any atom is -0.390 e. The zero-order valence-electron chi connectivity index (χ0n) is 9.68. The predicted octanol–water partition coefficient (Wildman–Crippen LogP) is 0.265. The van der Waals surface area contributed by atoms with E-state index < -0.39 is 15.9 Å². The standard InChI is InChI=1S/C10H21NO3S/c1-4-5-11(8(2)3)9-6-15(13,14)7-10(9)12/h8-10,12H,4-7H2,1-3H3. The summed E-state index contributed by atoms with van der Waals surface area (Å²) in [4.78, 5) is 2.09. The highest BCUT2D eigenvalue weighted by Crippen LogP contribution is 2.20. The molecule has 1 aliphatic rings. The van der Waals surface area contributed by atoms with Gasteiger partial charge in [-0.15, -0.1) is 0 Å². The van der Waals surface area contributed by atoms with Crippen LogP contribution in [0, 0.1) is 0 Å². The molecule has 0 radical (unpaired) electrons. The van der Waals surface area contributed by atoms with Gasteiger partial charge >= 0.3 is 0 Å².